The van der Waals surface area contributed by atoms with Crippen LogP contribution in [-0.2, 0) is 54.9 Å². The minimum Gasteiger partial charge on any atom is -0.736 e. The van der Waals surface area contributed by atoms with Crippen molar-refractivity contribution in [2.24, 2.45) is 0 Å². The van der Waals surface area contributed by atoms with Crippen LogP contribution in [0, 0.1) is 0 Å². The molecule has 26 heteroatoms. The monoisotopic (exact) mass is 722 g/mol. The van der Waals surface area contributed by atoms with Crippen LogP contribution < -0.4 is 0 Å². The van der Waals surface area contributed by atoms with Crippen LogP contribution in [0.1, 0.15) is 0 Å². The number of rotatable bonds is 3. The van der Waals surface area contributed by atoms with E-state index in [4.69, 9.17) is 0 Å². The molecule has 0 aromatic carbocycles. The smallest absolute Gasteiger partial charge is 0.736 e. The molecule has 26 heavy (non-hydrogen) atoms. The second-order valence-corrected chi connectivity index (χ2v) is 14.7. The van der Waals surface area contributed by atoms with Crippen LogP contribution in [0.3, 0.4) is 0 Å². The van der Waals surface area contributed by atoms with Gasteiger partial charge in [0.15, 0.2) is 54.9 Å². The van der Waals surface area contributed by atoms with Crippen molar-refractivity contribution >= 4 is 104 Å². The van der Waals surface area contributed by atoms with Gasteiger partial charge in [0.2, 0.25) is 0 Å². The van der Waals surface area contributed by atoms with Gasteiger partial charge in [-0.1, -0.05) is 0 Å². The first-order chi connectivity index (χ1) is 9.75. The first kappa shape index (κ1) is 37.8. The van der Waals surface area contributed by atoms with Crippen molar-refractivity contribution < 1.29 is 77.8 Å². The van der Waals surface area contributed by atoms with Crippen molar-refractivity contribution in [3.8, 4) is 0 Å². The molecule has 0 fully saturated rings. The van der Waals surface area contributed by atoms with Crippen LogP contribution in [-0.4, -0.2) is 127 Å². The molecule has 0 spiro atoms. The Morgan fingerprint density at radius 2 is 0.308 bits per heavy atom. The third-order valence-corrected chi connectivity index (χ3v) is 6.75. The maximum Gasteiger partial charge on any atom is 3.00 e. The minimum atomic E-state index is -5.67. The van der Waals surface area contributed by atoms with Gasteiger partial charge in [-0.05, 0) is 0 Å². The zero-order chi connectivity index (χ0) is 21.0. The van der Waals surface area contributed by atoms with Crippen molar-refractivity contribution in [2.45, 2.75) is 0 Å². The molecule has 0 bridgehead atoms. The standard InChI is InChI=1S/3H2O6S2.2Sb/c3*1-7(2,3)8(4,5)6;;/h3*(H,1,2,3)(H,4,5,6);;/q;;;2*+3/p-6. The second-order valence-electron chi connectivity index (χ2n) is 2.45. The van der Waals surface area contributed by atoms with E-state index in [2.05, 4.69) is 0 Å². The van der Waals surface area contributed by atoms with Crippen molar-refractivity contribution in [1.82, 2.24) is 0 Å². The van der Waals surface area contributed by atoms with Gasteiger partial charge in [-0.25, -0.2) is 50.5 Å². The Bertz CT molecular complexity index is 810. The van der Waals surface area contributed by atoms with E-state index in [1.54, 1.807) is 0 Å². The van der Waals surface area contributed by atoms with Gasteiger partial charge in [-0.3, -0.25) is 0 Å². The third-order valence-electron chi connectivity index (χ3n) is 0.750. The Kier molecular flexibility index (Phi) is 17.4. The molecule has 0 aliphatic rings. The molecule has 0 aliphatic carbocycles. The van der Waals surface area contributed by atoms with Crippen LogP contribution in [0.15, 0.2) is 0 Å². The van der Waals surface area contributed by atoms with E-state index >= 15 is 0 Å². The van der Waals surface area contributed by atoms with Crippen LogP contribution in [0.4, 0.5) is 0 Å². The first-order valence-electron chi connectivity index (χ1n) is 3.50. The SMILES string of the molecule is O=S(=O)([O-])S(=O)(=O)[O-].O=S(=O)([O-])S(=O)(=O)[O-].O=S(=O)([O-])S(=O)(=O)[O-].[Sb+3].[Sb+3]. The summed E-state index contributed by atoms with van der Waals surface area (Å²) in [6, 6.07) is 0. The molecular weight excluding hydrogens is 724 g/mol. The molecule has 0 unspecified atom stereocenters. The fraction of sp³-hybridized carbons (Fsp3) is 0. The molecule has 0 atom stereocenters. The van der Waals surface area contributed by atoms with Crippen LogP contribution in [0.5, 0.6) is 0 Å². The molecule has 0 saturated heterocycles. The molecule has 0 saturated carbocycles. The Balaban J connectivity index is -0.0000000817. The van der Waals surface area contributed by atoms with Gasteiger partial charge in [-0.2, -0.15) is 0 Å². The van der Waals surface area contributed by atoms with E-state index in [1.165, 1.54) is 0 Å². The summed E-state index contributed by atoms with van der Waals surface area (Å²) < 4.78 is 166. The van der Waals surface area contributed by atoms with E-state index in [0.29, 0.717) is 0 Å². The van der Waals surface area contributed by atoms with Crippen molar-refractivity contribution in [1.29, 1.82) is 0 Å². The molecule has 0 heterocycles. The predicted molar refractivity (Wildman–Crippen MR) is 69.7 cm³/mol. The molecule has 0 amide bonds. The van der Waals surface area contributed by atoms with Gasteiger partial charge >= 0.3 is 48.9 Å². The van der Waals surface area contributed by atoms with Crippen molar-refractivity contribution in [3.05, 3.63) is 0 Å². The molecule has 0 rings (SSSR count). The second kappa shape index (κ2) is 11.9. The van der Waals surface area contributed by atoms with Crippen LogP contribution in [0.25, 0.3) is 0 Å². The molecular formula is O18S6Sb2. The maximum absolute atomic E-state index is 9.20. The molecule has 18 nitrogen and oxygen atoms in total. The summed E-state index contributed by atoms with van der Waals surface area (Å²) in [4.78, 5) is 0. The summed E-state index contributed by atoms with van der Waals surface area (Å²) in [7, 11) is -34.0. The molecule has 4 radical (unpaired) electrons. The van der Waals surface area contributed by atoms with E-state index in [-0.39, 0.29) is 48.9 Å². The van der Waals surface area contributed by atoms with Gasteiger partial charge in [0.25, 0.3) is 0 Å². The normalized spacial score (nSPS) is 12.7. The molecule has 0 aromatic heterocycles. The number of hydrogen-bond donors (Lipinski definition) is 0. The average Bonchev–Trinajstić information content (AvgIpc) is 2.08. The fourth-order valence-electron chi connectivity index (χ4n) is 0. The molecule has 0 aliphatic heterocycles. The summed E-state index contributed by atoms with van der Waals surface area (Å²) in [5.41, 5.74) is 0. The van der Waals surface area contributed by atoms with Crippen LogP contribution >= 0.6 is 0 Å². The predicted octanol–water partition coefficient (Wildman–Crippen LogP) is -6.79. The van der Waals surface area contributed by atoms with Crippen LogP contribution in [0.2, 0.25) is 0 Å². The van der Waals surface area contributed by atoms with Gasteiger partial charge in [0.1, 0.15) is 0 Å². The van der Waals surface area contributed by atoms with Crippen molar-refractivity contribution in [2.75, 3.05) is 0 Å². The average molecular weight is 724 g/mol. The first-order valence-corrected chi connectivity index (χ1v) is 13.5. The molecule has 0 N–H and O–H groups in total. The maximum atomic E-state index is 9.20. The van der Waals surface area contributed by atoms with E-state index in [9.17, 15) is 77.8 Å². The van der Waals surface area contributed by atoms with Gasteiger partial charge < -0.3 is 27.3 Å². The van der Waals surface area contributed by atoms with Gasteiger partial charge in [-0.15, -0.1) is 0 Å². The fourth-order valence-corrected chi connectivity index (χ4v) is 0. The zero-order valence-electron chi connectivity index (χ0n) is 10.7. The Morgan fingerprint density at radius 3 is 0.308 bits per heavy atom. The minimum absolute atomic E-state index is 0. The zero-order valence-corrected chi connectivity index (χ0v) is 20.7. The van der Waals surface area contributed by atoms with Crippen molar-refractivity contribution in [3.63, 3.8) is 0 Å². The summed E-state index contributed by atoms with van der Waals surface area (Å²) in [5.74, 6) is 0. The largest absolute Gasteiger partial charge is 3.00 e. The molecule has 154 valence electrons. The topological polar surface area (TPSA) is 343 Å². The van der Waals surface area contributed by atoms with E-state index in [0.717, 1.165) is 0 Å². The molecule has 0 aromatic rings. The Morgan fingerprint density at radius 1 is 0.269 bits per heavy atom. The Hall–Kier alpha value is 1.10. The van der Waals surface area contributed by atoms with Gasteiger partial charge in [0, 0.05) is 0 Å². The van der Waals surface area contributed by atoms with E-state index < -0.39 is 54.9 Å². The Labute approximate surface area is 179 Å². The summed E-state index contributed by atoms with van der Waals surface area (Å²) in [6.07, 6.45) is 0. The number of hydrogen-bond acceptors (Lipinski definition) is 18. The summed E-state index contributed by atoms with van der Waals surface area (Å²) >= 11 is 0. The summed E-state index contributed by atoms with van der Waals surface area (Å²) in [6.45, 7) is 0. The van der Waals surface area contributed by atoms with E-state index in [1.807, 2.05) is 0 Å². The van der Waals surface area contributed by atoms with Gasteiger partial charge in [0.05, 0.1) is 0 Å². The quantitative estimate of drug-likeness (QED) is 0.148. The third kappa shape index (κ3) is 18.5. The summed E-state index contributed by atoms with van der Waals surface area (Å²) in [5, 5.41) is 0.